The second kappa shape index (κ2) is 8.47. The van der Waals surface area contributed by atoms with Gasteiger partial charge in [0.2, 0.25) is 0 Å². The average Bonchev–Trinajstić information content (AvgIpc) is 3.28. The Hall–Kier alpha value is -0.810. The fourth-order valence-corrected chi connectivity index (χ4v) is 2.57. The maximum Gasteiger partial charge on any atom is 0.191 e. The summed E-state index contributed by atoms with van der Waals surface area (Å²) in [6, 6.07) is 0.670. The van der Waals surface area contributed by atoms with Crippen LogP contribution in [0.15, 0.2) is 4.99 Å². The summed E-state index contributed by atoms with van der Waals surface area (Å²) in [5.74, 6) is 1.75. The van der Waals surface area contributed by atoms with Gasteiger partial charge in [-0.05, 0) is 51.6 Å². The van der Waals surface area contributed by atoms with E-state index in [0.717, 1.165) is 38.1 Å². The van der Waals surface area contributed by atoms with Crippen LogP contribution in [-0.2, 0) is 4.74 Å². The van der Waals surface area contributed by atoms with Gasteiger partial charge < -0.3 is 20.3 Å². The van der Waals surface area contributed by atoms with Crippen molar-refractivity contribution in [1.82, 2.24) is 15.5 Å². The molecule has 0 unspecified atom stereocenters. The first kappa shape index (κ1) is 15.6. The van der Waals surface area contributed by atoms with Gasteiger partial charge in [-0.1, -0.05) is 0 Å². The van der Waals surface area contributed by atoms with Crippen LogP contribution in [0.4, 0.5) is 0 Å². The molecule has 116 valence electrons. The smallest absolute Gasteiger partial charge is 0.191 e. The molecule has 20 heavy (non-hydrogen) atoms. The average molecular weight is 282 g/mol. The predicted molar refractivity (Wildman–Crippen MR) is 83.2 cm³/mol. The molecule has 1 aliphatic carbocycles. The third kappa shape index (κ3) is 5.67. The van der Waals surface area contributed by atoms with Gasteiger partial charge in [0.05, 0.1) is 6.61 Å². The van der Waals surface area contributed by atoms with Gasteiger partial charge in [0.1, 0.15) is 0 Å². The number of nitrogens with zero attached hydrogens (tertiary/aromatic N) is 2. The number of likely N-dealkylation sites (tertiary alicyclic amines) is 1. The third-order valence-corrected chi connectivity index (χ3v) is 4.09. The molecule has 5 nitrogen and oxygen atoms in total. The summed E-state index contributed by atoms with van der Waals surface area (Å²) in [5, 5.41) is 6.82. The first-order valence-corrected chi connectivity index (χ1v) is 8.08. The zero-order valence-electron chi connectivity index (χ0n) is 13.0. The summed E-state index contributed by atoms with van der Waals surface area (Å²) in [5.41, 5.74) is 0. The summed E-state index contributed by atoms with van der Waals surface area (Å²) in [6.07, 6.45) is 5.11. The number of guanidine groups is 1. The zero-order valence-corrected chi connectivity index (χ0v) is 13.0. The minimum Gasteiger partial charge on any atom is -0.383 e. The first-order chi connectivity index (χ1) is 9.81. The lowest BCUT2D eigenvalue weighted by atomic mass is 9.97. The fraction of sp³-hybridized carbons (Fsp3) is 0.933. The molecule has 2 rings (SSSR count). The maximum atomic E-state index is 5.14. The van der Waals surface area contributed by atoms with Gasteiger partial charge in [0.25, 0.3) is 0 Å². The topological polar surface area (TPSA) is 48.9 Å². The summed E-state index contributed by atoms with van der Waals surface area (Å²) in [7, 11) is 1.77. The molecule has 0 radical (unpaired) electrons. The Balaban J connectivity index is 1.67. The number of ether oxygens (including phenoxy) is 1. The summed E-state index contributed by atoms with van der Waals surface area (Å²) < 4.78 is 5.14. The highest BCUT2D eigenvalue weighted by Gasteiger charge is 2.23. The zero-order chi connectivity index (χ0) is 14.2. The van der Waals surface area contributed by atoms with E-state index in [1.165, 1.54) is 38.8 Å². The van der Waals surface area contributed by atoms with Crippen molar-refractivity contribution in [3.05, 3.63) is 0 Å². The molecule has 0 bridgehead atoms. The van der Waals surface area contributed by atoms with Crippen LogP contribution in [-0.4, -0.2) is 63.3 Å². The van der Waals surface area contributed by atoms with Crippen molar-refractivity contribution < 1.29 is 4.74 Å². The van der Waals surface area contributed by atoms with E-state index >= 15 is 0 Å². The SMILES string of the molecule is CCNC(=NCC1CCN(CCOC)CC1)NC1CC1. The van der Waals surface area contributed by atoms with Gasteiger partial charge in [0, 0.05) is 32.8 Å². The van der Waals surface area contributed by atoms with Crippen LogP contribution >= 0.6 is 0 Å². The van der Waals surface area contributed by atoms with Crippen molar-refractivity contribution in [2.75, 3.05) is 46.4 Å². The van der Waals surface area contributed by atoms with Crippen LogP contribution in [0.3, 0.4) is 0 Å². The van der Waals surface area contributed by atoms with Crippen molar-refractivity contribution >= 4 is 5.96 Å². The van der Waals surface area contributed by atoms with Gasteiger partial charge in [-0.15, -0.1) is 0 Å². The van der Waals surface area contributed by atoms with Crippen molar-refractivity contribution in [2.24, 2.45) is 10.9 Å². The Morgan fingerprint density at radius 3 is 2.60 bits per heavy atom. The summed E-state index contributed by atoms with van der Waals surface area (Å²) in [6.45, 7) is 8.32. The highest BCUT2D eigenvalue weighted by Crippen LogP contribution is 2.19. The number of aliphatic imine (C=N–C) groups is 1. The molecular weight excluding hydrogens is 252 g/mol. The molecule has 0 amide bonds. The molecule has 0 aromatic rings. The Labute approximate surface area is 123 Å². The molecule has 0 aromatic carbocycles. The highest BCUT2D eigenvalue weighted by atomic mass is 16.5. The monoisotopic (exact) mass is 282 g/mol. The molecule has 2 fully saturated rings. The Morgan fingerprint density at radius 1 is 1.25 bits per heavy atom. The fourth-order valence-electron chi connectivity index (χ4n) is 2.57. The van der Waals surface area contributed by atoms with E-state index in [2.05, 4.69) is 22.5 Å². The van der Waals surface area contributed by atoms with Crippen molar-refractivity contribution in [2.45, 2.75) is 38.6 Å². The molecule has 1 heterocycles. The molecular formula is C15H30N4O. The molecule has 2 aliphatic rings. The van der Waals surface area contributed by atoms with Gasteiger partial charge in [0.15, 0.2) is 5.96 Å². The van der Waals surface area contributed by atoms with Crippen LogP contribution in [0.1, 0.15) is 32.6 Å². The summed E-state index contributed by atoms with van der Waals surface area (Å²) >= 11 is 0. The number of nitrogens with one attached hydrogen (secondary N) is 2. The Morgan fingerprint density at radius 2 is 2.00 bits per heavy atom. The minimum atomic E-state index is 0.670. The number of piperidine rings is 1. The molecule has 2 N–H and O–H groups in total. The van der Waals surface area contributed by atoms with Gasteiger partial charge in [-0.25, -0.2) is 0 Å². The van der Waals surface area contributed by atoms with E-state index in [1.54, 1.807) is 7.11 Å². The van der Waals surface area contributed by atoms with E-state index in [0.29, 0.717) is 6.04 Å². The largest absolute Gasteiger partial charge is 0.383 e. The lowest BCUT2D eigenvalue weighted by Gasteiger charge is -2.31. The predicted octanol–water partition coefficient (Wildman–Crippen LogP) is 1.06. The van der Waals surface area contributed by atoms with E-state index in [4.69, 9.17) is 9.73 Å². The minimum absolute atomic E-state index is 0.670. The molecule has 0 atom stereocenters. The molecule has 0 spiro atoms. The van der Waals surface area contributed by atoms with Crippen molar-refractivity contribution in [3.63, 3.8) is 0 Å². The van der Waals surface area contributed by atoms with Crippen LogP contribution in [0.25, 0.3) is 0 Å². The quantitative estimate of drug-likeness (QED) is 0.541. The number of rotatable bonds is 7. The number of hydrogen-bond acceptors (Lipinski definition) is 3. The van der Waals surface area contributed by atoms with Crippen LogP contribution < -0.4 is 10.6 Å². The van der Waals surface area contributed by atoms with Crippen LogP contribution in [0.2, 0.25) is 0 Å². The van der Waals surface area contributed by atoms with Gasteiger partial charge in [-0.3, -0.25) is 4.99 Å². The lowest BCUT2D eigenvalue weighted by molar-refractivity contribution is 0.121. The second-order valence-corrected chi connectivity index (χ2v) is 5.92. The Kier molecular flexibility index (Phi) is 6.60. The molecule has 1 aliphatic heterocycles. The van der Waals surface area contributed by atoms with E-state index < -0.39 is 0 Å². The standard InChI is InChI=1S/C15H30N4O/c1-3-16-15(18-14-4-5-14)17-12-13-6-8-19(9-7-13)10-11-20-2/h13-14H,3-12H2,1-2H3,(H2,16,17,18). The number of hydrogen-bond donors (Lipinski definition) is 2. The van der Waals surface area contributed by atoms with Crippen molar-refractivity contribution in [1.29, 1.82) is 0 Å². The summed E-state index contributed by atoms with van der Waals surface area (Å²) in [4.78, 5) is 7.25. The van der Waals surface area contributed by atoms with Crippen LogP contribution in [0, 0.1) is 5.92 Å². The third-order valence-electron chi connectivity index (χ3n) is 4.09. The van der Waals surface area contributed by atoms with E-state index in [1.807, 2.05) is 0 Å². The van der Waals surface area contributed by atoms with Crippen LogP contribution in [0.5, 0.6) is 0 Å². The highest BCUT2D eigenvalue weighted by molar-refractivity contribution is 5.80. The molecule has 5 heteroatoms. The first-order valence-electron chi connectivity index (χ1n) is 8.08. The molecule has 1 saturated carbocycles. The van der Waals surface area contributed by atoms with Gasteiger partial charge >= 0.3 is 0 Å². The van der Waals surface area contributed by atoms with E-state index in [-0.39, 0.29) is 0 Å². The van der Waals surface area contributed by atoms with Gasteiger partial charge in [-0.2, -0.15) is 0 Å². The molecule has 0 aromatic heterocycles. The Bertz CT molecular complexity index is 296. The number of methoxy groups -OCH3 is 1. The van der Waals surface area contributed by atoms with Crippen molar-refractivity contribution in [3.8, 4) is 0 Å². The van der Waals surface area contributed by atoms with E-state index in [9.17, 15) is 0 Å². The molecule has 1 saturated heterocycles. The normalized spacial score (nSPS) is 22.0. The maximum absolute atomic E-state index is 5.14. The second-order valence-electron chi connectivity index (χ2n) is 5.92. The lowest BCUT2D eigenvalue weighted by Crippen LogP contribution is -2.40.